The molecule has 0 spiro atoms. The summed E-state index contributed by atoms with van der Waals surface area (Å²) in [5, 5.41) is 6.84. The maximum Gasteiger partial charge on any atom is 0.191 e. The summed E-state index contributed by atoms with van der Waals surface area (Å²) in [4.78, 5) is 7.45. The summed E-state index contributed by atoms with van der Waals surface area (Å²) in [5.74, 6) is 2.71. The van der Waals surface area contributed by atoms with Gasteiger partial charge in [0.05, 0.1) is 0 Å². The van der Waals surface area contributed by atoms with E-state index in [1.54, 1.807) is 0 Å². The second-order valence-electron chi connectivity index (χ2n) is 6.42. The SMILES string of the molecule is CCNC(=NCC1CCN(C2CC2)C1)NCC1CC1. The quantitative estimate of drug-likeness (QED) is 0.563. The number of rotatable bonds is 6. The summed E-state index contributed by atoms with van der Waals surface area (Å²) in [6.07, 6.45) is 6.99. The molecule has 108 valence electrons. The Morgan fingerprint density at radius 2 is 1.95 bits per heavy atom. The molecule has 0 aromatic heterocycles. The zero-order chi connectivity index (χ0) is 13.1. The fourth-order valence-corrected chi connectivity index (χ4v) is 2.91. The lowest BCUT2D eigenvalue weighted by atomic mass is 10.1. The topological polar surface area (TPSA) is 39.7 Å². The van der Waals surface area contributed by atoms with E-state index in [0.29, 0.717) is 0 Å². The number of aliphatic imine (C=N–C) groups is 1. The molecule has 2 N–H and O–H groups in total. The monoisotopic (exact) mass is 264 g/mol. The van der Waals surface area contributed by atoms with Crippen molar-refractivity contribution in [2.75, 3.05) is 32.7 Å². The largest absolute Gasteiger partial charge is 0.357 e. The Hall–Kier alpha value is -0.770. The Labute approximate surface area is 117 Å². The van der Waals surface area contributed by atoms with E-state index in [0.717, 1.165) is 43.5 Å². The van der Waals surface area contributed by atoms with E-state index < -0.39 is 0 Å². The van der Waals surface area contributed by atoms with Gasteiger partial charge in [-0.2, -0.15) is 0 Å². The Bertz CT molecular complexity index is 320. The minimum Gasteiger partial charge on any atom is -0.357 e. The first-order valence-corrected chi connectivity index (χ1v) is 8.11. The fourth-order valence-electron chi connectivity index (χ4n) is 2.91. The summed E-state index contributed by atoms with van der Waals surface area (Å²) in [7, 11) is 0. The van der Waals surface area contributed by atoms with Crippen molar-refractivity contribution in [3.8, 4) is 0 Å². The third-order valence-corrected chi connectivity index (χ3v) is 4.49. The van der Waals surface area contributed by atoms with Gasteiger partial charge < -0.3 is 15.5 Å². The van der Waals surface area contributed by atoms with E-state index in [1.807, 2.05) is 0 Å². The standard InChI is InChI=1S/C15H28N4/c1-2-16-15(17-9-12-3-4-12)18-10-13-7-8-19(11-13)14-5-6-14/h12-14H,2-11H2,1H3,(H2,16,17,18). The van der Waals surface area contributed by atoms with Crippen molar-refractivity contribution < 1.29 is 0 Å². The molecular formula is C15H28N4. The Morgan fingerprint density at radius 1 is 1.11 bits per heavy atom. The highest BCUT2D eigenvalue weighted by atomic mass is 15.2. The van der Waals surface area contributed by atoms with Crippen molar-refractivity contribution in [3.63, 3.8) is 0 Å². The van der Waals surface area contributed by atoms with E-state index in [4.69, 9.17) is 4.99 Å². The van der Waals surface area contributed by atoms with Gasteiger partial charge in [-0.15, -0.1) is 0 Å². The van der Waals surface area contributed by atoms with E-state index in [9.17, 15) is 0 Å². The van der Waals surface area contributed by atoms with Crippen LogP contribution in [0, 0.1) is 11.8 Å². The zero-order valence-corrected chi connectivity index (χ0v) is 12.2. The van der Waals surface area contributed by atoms with Crippen molar-refractivity contribution in [2.24, 2.45) is 16.8 Å². The Balaban J connectivity index is 1.41. The molecule has 3 fully saturated rings. The van der Waals surface area contributed by atoms with Crippen LogP contribution < -0.4 is 10.6 Å². The van der Waals surface area contributed by atoms with E-state index in [1.165, 1.54) is 45.2 Å². The molecule has 1 saturated heterocycles. The highest BCUT2D eigenvalue weighted by Gasteiger charge is 2.34. The lowest BCUT2D eigenvalue weighted by molar-refractivity contribution is 0.315. The van der Waals surface area contributed by atoms with Crippen molar-refractivity contribution in [3.05, 3.63) is 0 Å². The van der Waals surface area contributed by atoms with Crippen LogP contribution in [0.1, 0.15) is 39.0 Å². The molecule has 2 aliphatic carbocycles. The van der Waals surface area contributed by atoms with Crippen LogP contribution in [0.3, 0.4) is 0 Å². The van der Waals surface area contributed by atoms with Crippen LogP contribution in [0.15, 0.2) is 4.99 Å². The molecule has 1 unspecified atom stereocenters. The van der Waals surface area contributed by atoms with Gasteiger partial charge in [0.2, 0.25) is 0 Å². The minimum atomic E-state index is 0.775. The molecule has 3 aliphatic rings. The van der Waals surface area contributed by atoms with Crippen LogP contribution in [0.2, 0.25) is 0 Å². The van der Waals surface area contributed by atoms with E-state index in [-0.39, 0.29) is 0 Å². The summed E-state index contributed by atoms with van der Waals surface area (Å²) in [5.41, 5.74) is 0. The number of nitrogens with one attached hydrogen (secondary N) is 2. The van der Waals surface area contributed by atoms with Crippen LogP contribution in [0.5, 0.6) is 0 Å². The van der Waals surface area contributed by atoms with Gasteiger partial charge in [0.1, 0.15) is 0 Å². The molecule has 19 heavy (non-hydrogen) atoms. The lowest BCUT2D eigenvalue weighted by Crippen LogP contribution is -2.38. The van der Waals surface area contributed by atoms with Crippen molar-refractivity contribution in [1.82, 2.24) is 15.5 Å². The van der Waals surface area contributed by atoms with Crippen LogP contribution in [-0.4, -0.2) is 49.6 Å². The van der Waals surface area contributed by atoms with Gasteiger partial charge in [-0.05, 0) is 57.4 Å². The van der Waals surface area contributed by atoms with Gasteiger partial charge in [-0.3, -0.25) is 4.99 Å². The third-order valence-electron chi connectivity index (χ3n) is 4.49. The number of nitrogens with zero attached hydrogens (tertiary/aromatic N) is 2. The average Bonchev–Trinajstić information content (AvgIpc) is 3.33. The highest BCUT2D eigenvalue weighted by molar-refractivity contribution is 5.79. The van der Waals surface area contributed by atoms with Crippen LogP contribution in [0.25, 0.3) is 0 Å². The summed E-state index contributed by atoms with van der Waals surface area (Å²) in [6.45, 7) is 7.76. The first kappa shape index (κ1) is 13.2. The average molecular weight is 264 g/mol. The molecule has 0 radical (unpaired) electrons. The molecule has 4 nitrogen and oxygen atoms in total. The van der Waals surface area contributed by atoms with Crippen molar-refractivity contribution >= 4 is 5.96 Å². The van der Waals surface area contributed by atoms with Crippen LogP contribution in [0.4, 0.5) is 0 Å². The molecule has 0 aromatic rings. The summed E-state index contributed by atoms with van der Waals surface area (Å²) in [6, 6.07) is 0.926. The first-order chi connectivity index (χ1) is 9.35. The third kappa shape index (κ3) is 4.10. The molecule has 0 bridgehead atoms. The predicted molar refractivity (Wildman–Crippen MR) is 79.4 cm³/mol. The predicted octanol–water partition coefficient (Wildman–Crippen LogP) is 1.44. The Kier molecular flexibility index (Phi) is 4.26. The second kappa shape index (κ2) is 6.12. The van der Waals surface area contributed by atoms with Gasteiger partial charge >= 0.3 is 0 Å². The van der Waals surface area contributed by atoms with Crippen LogP contribution >= 0.6 is 0 Å². The van der Waals surface area contributed by atoms with Crippen molar-refractivity contribution in [1.29, 1.82) is 0 Å². The van der Waals surface area contributed by atoms with Gasteiger partial charge in [0.25, 0.3) is 0 Å². The normalized spacial score (nSPS) is 28.7. The maximum atomic E-state index is 4.78. The molecule has 1 heterocycles. The summed E-state index contributed by atoms with van der Waals surface area (Å²) >= 11 is 0. The molecule has 0 amide bonds. The fraction of sp³-hybridized carbons (Fsp3) is 0.933. The number of likely N-dealkylation sites (tertiary alicyclic amines) is 1. The molecule has 4 heteroatoms. The van der Waals surface area contributed by atoms with Gasteiger partial charge in [0, 0.05) is 32.2 Å². The Morgan fingerprint density at radius 3 is 2.63 bits per heavy atom. The lowest BCUT2D eigenvalue weighted by Gasteiger charge is -2.15. The minimum absolute atomic E-state index is 0.775. The maximum absolute atomic E-state index is 4.78. The van der Waals surface area contributed by atoms with Gasteiger partial charge in [-0.25, -0.2) is 0 Å². The number of guanidine groups is 1. The number of hydrogen-bond acceptors (Lipinski definition) is 2. The smallest absolute Gasteiger partial charge is 0.191 e. The second-order valence-corrected chi connectivity index (χ2v) is 6.42. The number of hydrogen-bond donors (Lipinski definition) is 2. The molecule has 0 aromatic carbocycles. The summed E-state index contributed by atoms with van der Waals surface area (Å²) < 4.78 is 0. The van der Waals surface area contributed by atoms with Crippen molar-refractivity contribution in [2.45, 2.75) is 45.1 Å². The first-order valence-electron chi connectivity index (χ1n) is 8.11. The van der Waals surface area contributed by atoms with Gasteiger partial charge in [0.15, 0.2) is 5.96 Å². The molecular weight excluding hydrogens is 236 g/mol. The van der Waals surface area contributed by atoms with Gasteiger partial charge in [-0.1, -0.05) is 0 Å². The van der Waals surface area contributed by atoms with Crippen LogP contribution in [-0.2, 0) is 0 Å². The highest BCUT2D eigenvalue weighted by Crippen LogP contribution is 2.31. The zero-order valence-electron chi connectivity index (χ0n) is 12.2. The molecule has 3 rings (SSSR count). The van der Waals surface area contributed by atoms with E-state index >= 15 is 0 Å². The van der Waals surface area contributed by atoms with E-state index in [2.05, 4.69) is 22.5 Å². The molecule has 1 atom stereocenters. The molecule has 1 aliphatic heterocycles. The molecule has 2 saturated carbocycles.